The van der Waals surface area contributed by atoms with Gasteiger partial charge >= 0.3 is 0 Å². The van der Waals surface area contributed by atoms with Crippen LogP contribution in [0.25, 0.3) is 0 Å². The molecule has 2 nitrogen and oxygen atoms in total. The number of hydrogen-bond acceptors (Lipinski definition) is 2. The molecule has 0 N–H and O–H groups in total. The Bertz CT molecular complexity index is 281. The summed E-state index contributed by atoms with van der Waals surface area (Å²) >= 11 is 9.17. The van der Waals surface area contributed by atoms with Crippen molar-refractivity contribution < 1.29 is 0 Å². The van der Waals surface area contributed by atoms with Crippen LogP contribution in [0, 0.1) is 0 Å². The summed E-state index contributed by atoms with van der Waals surface area (Å²) in [6.45, 7) is 4.11. The molecule has 4 heteroatoms. The Labute approximate surface area is 98.4 Å². The Morgan fingerprint density at radius 3 is 2.93 bits per heavy atom. The molecule has 0 aliphatic rings. The summed E-state index contributed by atoms with van der Waals surface area (Å²) in [5.74, 6) is 0.708. The fourth-order valence-corrected chi connectivity index (χ4v) is 1.94. The van der Waals surface area contributed by atoms with Crippen LogP contribution in [-0.4, -0.2) is 24.0 Å². The fourth-order valence-electron chi connectivity index (χ4n) is 1.32. The van der Waals surface area contributed by atoms with Gasteiger partial charge in [-0.25, -0.2) is 0 Å². The Morgan fingerprint density at radius 1 is 1.57 bits per heavy atom. The summed E-state index contributed by atoms with van der Waals surface area (Å²) in [6.07, 6.45) is 4.63. The average molecular weight is 278 g/mol. The maximum absolute atomic E-state index is 5.68. The Hall–Kier alpha value is -0.280. The molecule has 0 aliphatic carbocycles. The van der Waals surface area contributed by atoms with Gasteiger partial charge in [0.05, 0.1) is 10.2 Å². The van der Waals surface area contributed by atoms with Gasteiger partial charge in [0.15, 0.2) is 0 Å². The molecule has 1 aromatic heterocycles. The Morgan fingerprint density at radius 2 is 2.36 bits per heavy atom. The van der Waals surface area contributed by atoms with Gasteiger partial charge in [0.1, 0.15) is 0 Å². The number of nitrogens with zero attached hydrogens (tertiary/aromatic N) is 2. The predicted molar refractivity (Wildman–Crippen MR) is 65.2 cm³/mol. The fraction of sp³-hybridized carbons (Fsp3) is 0.500. The van der Waals surface area contributed by atoms with Crippen molar-refractivity contribution >= 4 is 33.2 Å². The molecule has 0 spiro atoms. The summed E-state index contributed by atoms with van der Waals surface area (Å²) in [6, 6.07) is 2.02. The molecule has 0 saturated carbocycles. The molecule has 1 aromatic rings. The first-order chi connectivity index (χ1) is 6.79. The van der Waals surface area contributed by atoms with Crippen molar-refractivity contribution in [2.45, 2.75) is 13.3 Å². The number of pyridine rings is 1. The van der Waals surface area contributed by atoms with Gasteiger partial charge in [0.25, 0.3) is 0 Å². The van der Waals surface area contributed by atoms with E-state index < -0.39 is 0 Å². The highest BCUT2D eigenvalue weighted by atomic mass is 79.9. The Balaban J connectivity index is 2.73. The second-order valence-corrected chi connectivity index (χ2v) is 4.18. The molecule has 0 aromatic carbocycles. The lowest BCUT2D eigenvalue weighted by Gasteiger charge is -2.23. The normalized spacial score (nSPS) is 10.2. The molecule has 1 rings (SSSR count). The van der Waals surface area contributed by atoms with E-state index in [0.717, 1.165) is 24.0 Å². The molecule has 0 radical (unpaired) electrons. The second-order valence-electron chi connectivity index (χ2n) is 2.95. The smallest absolute Gasteiger partial charge is 0.0592 e. The van der Waals surface area contributed by atoms with Crippen LogP contribution in [0.1, 0.15) is 13.3 Å². The minimum atomic E-state index is 0.708. The van der Waals surface area contributed by atoms with Gasteiger partial charge < -0.3 is 4.90 Å². The number of anilines is 1. The van der Waals surface area contributed by atoms with Crippen LogP contribution in [0.5, 0.6) is 0 Å². The first-order valence-electron chi connectivity index (χ1n) is 4.70. The van der Waals surface area contributed by atoms with Crippen molar-refractivity contribution in [1.29, 1.82) is 0 Å². The van der Waals surface area contributed by atoms with E-state index in [0.29, 0.717) is 5.88 Å². The van der Waals surface area contributed by atoms with E-state index >= 15 is 0 Å². The third-order valence-electron chi connectivity index (χ3n) is 2.04. The third-order valence-corrected chi connectivity index (χ3v) is 2.91. The molecular weight excluding hydrogens is 263 g/mol. The van der Waals surface area contributed by atoms with Crippen LogP contribution < -0.4 is 4.90 Å². The number of aromatic nitrogens is 1. The summed E-state index contributed by atoms with van der Waals surface area (Å²) in [5, 5.41) is 0. The van der Waals surface area contributed by atoms with Gasteiger partial charge in [-0.15, -0.1) is 11.6 Å². The number of alkyl halides is 1. The second kappa shape index (κ2) is 6.25. The van der Waals surface area contributed by atoms with Gasteiger partial charge in [0.2, 0.25) is 0 Å². The van der Waals surface area contributed by atoms with Gasteiger partial charge in [0, 0.05) is 31.4 Å². The number of hydrogen-bond donors (Lipinski definition) is 0. The van der Waals surface area contributed by atoms with E-state index in [1.54, 1.807) is 0 Å². The van der Waals surface area contributed by atoms with Crippen LogP contribution in [0.4, 0.5) is 5.69 Å². The van der Waals surface area contributed by atoms with E-state index in [9.17, 15) is 0 Å². The summed E-state index contributed by atoms with van der Waals surface area (Å²) < 4.78 is 1.04. The highest BCUT2D eigenvalue weighted by Crippen LogP contribution is 2.24. The highest BCUT2D eigenvalue weighted by Gasteiger charge is 2.06. The quantitative estimate of drug-likeness (QED) is 0.768. The molecule has 0 atom stereocenters. The van der Waals surface area contributed by atoms with Gasteiger partial charge in [-0.05, 0) is 35.3 Å². The van der Waals surface area contributed by atoms with E-state index in [1.165, 1.54) is 5.69 Å². The van der Waals surface area contributed by atoms with E-state index in [-0.39, 0.29) is 0 Å². The lowest BCUT2D eigenvalue weighted by molar-refractivity contribution is 0.792. The molecule has 1 heterocycles. The molecular formula is C10H14BrClN2. The molecule has 14 heavy (non-hydrogen) atoms. The molecule has 0 amide bonds. The summed E-state index contributed by atoms with van der Waals surface area (Å²) in [7, 11) is 0. The predicted octanol–water partition coefficient (Wildman–Crippen LogP) is 3.30. The molecule has 0 fully saturated rings. The average Bonchev–Trinajstić information content (AvgIpc) is 2.21. The minimum absolute atomic E-state index is 0.708. The lowest BCUT2D eigenvalue weighted by atomic mass is 10.3. The molecule has 0 saturated heterocycles. The molecule has 0 unspecified atom stereocenters. The molecule has 0 aliphatic heterocycles. The highest BCUT2D eigenvalue weighted by molar-refractivity contribution is 9.10. The van der Waals surface area contributed by atoms with Gasteiger partial charge in [-0.1, -0.05) is 0 Å². The largest absolute Gasteiger partial charge is 0.371 e. The van der Waals surface area contributed by atoms with Crippen LogP contribution in [0.2, 0.25) is 0 Å². The van der Waals surface area contributed by atoms with Gasteiger partial charge in [-0.2, -0.15) is 0 Å². The van der Waals surface area contributed by atoms with E-state index in [1.807, 2.05) is 18.5 Å². The Kier molecular flexibility index (Phi) is 5.26. The van der Waals surface area contributed by atoms with Crippen molar-refractivity contribution in [3.63, 3.8) is 0 Å². The van der Waals surface area contributed by atoms with Crippen molar-refractivity contribution in [3.05, 3.63) is 22.9 Å². The standard InChI is InChI=1S/C10H14BrClN2/c1-2-14(7-3-5-12)10-4-6-13-8-9(10)11/h4,6,8H,2-3,5,7H2,1H3. The van der Waals surface area contributed by atoms with E-state index in [4.69, 9.17) is 11.6 Å². The van der Waals surface area contributed by atoms with Crippen LogP contribution in [0.15, 0.2) is 22.9 Å². The topological polar surface area (TPSA) is 16.1 Å². The number of halogens is 2. The van der Waals surface area contributed by atoms with Crippen molar-refractivity contribution in [2.24, 2.45) is 0 Å². The van der Waals surface area contributed by atoms with Crippen molar-refractivity contribution in [2.75, 3.05) is 23.9 Å². The maximum atomic E-state index is 5.68. The van der Waals surface area contributed by atoms with Crippen LogP contribution in [0.3, 0.4) is 0 Å². The minimum Gasteiger partial charge on any atom is -0.371 e. The van der Waals surface area contributed by atoms with Crippen molar-refractivity contribution in [1.82, 2.24) is 4.98 Å². The lowest BCUT2D eigenvalue weighted by Crippen LogP contribution is -2.24. The molecule has 0 bridgehead atoms. The first-order valence-corrected chi connectivity index (χ1v) is 6.02. The monoisotopic (exact) mass is 276 g/mol. The number of rotatable bonds is 5. The third kappa shape index (κ3) is 3.14. The maximum Gasteiger partial charge on any atom is 0.0592 e. The molecule has 78 valence electrons. The van der Waals surface area contributed by atoms with Gasteiger partial charge in [-0.3, -0.25) is 4.98 Å². The van der Waals surface area contributed by atoms with E-state index in [2.05, 4.69) is 32.7 Å². The zero-order valence-electron chi connectivity index (χ0n) is 8.21. The van der Waals surface area contributed by atoms with Crippen LogP contribution in [-0.2, 0) is 0 Å². The zero-order chi connectivity index (χ0) is 10.4. The van der Waals surface area contributed by atoms with Crippen molar-refractivity contribution in [3.8, 4) is 0 Å². The SMILES string of the molecule is CCN(CCCCl)c1ccncc1Br. The first kappa shape index (κ1) is 11.8. The summed E-state index contributed by atoms with van der Waals surface area (Å²) in [4.78, 5) is 6.33. The van der Waals surface area contributed by atoms with Crippen LogP contribution >= 0.6 is 27.5 Å². The summed E-state index contributed by atoms with van der Waals surface area (Å²) in [5.41, 5.74) is 1.19. The zero-order valence-corrected chi connectivity index (χ0v) is 10.6.